The lowest BCUT2D eigenvalue weighted by molar-refractivity contribution is -0.138. The van der Waals surface area contributed by atoms with Crippen molar-refractivity contribution in [3.8, 4) is 56.5 Å². The molecule has 2 aliphatic heterocycles. The first-order valence-electron chi connectivity index (χ1n) is 25.4. The number of para-hydroxylation sites is 2. The van der Waals surface area contributed by atoms with Gasteiger partial charge in [-0.3, -0.25) is 19.2 Å². The second kappa shape index (κ2) is 23.6. The van der Waals surface area contributed by atoms with Gasteiger partial charge < -0.3 is 39.0 Å². The van der Waals surface area contributed by atoms with E-state index in [4.69, 9.17) is 18.9 Å². The van der Waals surface area contributed by atoms with Crippen molar-refractivity contribution in [2.45, 2.75) is 64.7 Å². The number of nitrogens with zero attached hydrogens (tertiary/aromatic N) is 8. The van der Waals surface area contributed by atoms with Crippen molar-refractivity contribution in [1.29, 1.82) is 0 Å². The van der Waals surface area contributed by atoms with Gasteiger partial charge in [0.2, 0.25) is 11.8 Å². The van der Waals surface area contributed by atoms with Crippen molar-refractivity contribution in [2.75, 3.05) is 49.4 Å². The van der Waals surface area contributed by atoms with E-state index in [1.54, 1.807) is 19.2 Å². The number of rotatable bonds is 22. The first kappa shape index (κ1) is 50.8. The molecule has 0 saturated heterocycles. The maximum Gasteiger partial charge on any atom is 0.303 e. The number of aliphatic carboxylic acids is 2. The summed E-state index contributed by atoms with van der Waals surface area (Å²) in [5.74, 6) is -0.797. The highest BCUT2D eigenvalue weighted by atomic mass is 16.5. The molecule has 18 heteroatoms. The predicted octanol–water partition coefficient (Wildman–Crippen LogP) is 9.09. The summed E-state index contributed by atoms with van der Waals surface area (Å²) in [6.45, 7) is 3.24. The topological polar surface area (TPSA) is 214 Å². The van der Waals surface area contributed by atoms with Crippen molar-refractivity contribution in [1.82, 2.24) is 30.0 Å². The molecule has 18 nitrogen and oxygen atoms in total. The Labute approximate surface area is 438 Å². The molecule has 2 aliphatic rings. The lowest BCUT2D eigenvalue weighted by atomic mass is 9.95. The van der Waals surface area contributed by atoms with Crippen LogP contribution in [-0.2, 0) is 54.8 Å². The zero-order valence-corrected chi connectivity index (χ0v) is 41.8. The largest absolute Gasteiger partial charge is 0.491 e. The molecular weight excluding hydrogens is 969 g/mol. The molecule has 0 unspecified atom stereocenters. The lowest BCUT2D eigenvalue weighted by Crippen LogP contribution is -2.31. The number of anilines is 2. The van der Waals surface area contributed by atoms with Crippen LogP contribution in [0.25, 0.3) is 55.8 Å². The van der Waals surface area contributed by atoms with Crippen molar-refractivity contribution in [3.63, 3.8) is 0 Å². The Kier molecular flexibility index (Phi) is 15.8. The number of hydrogen-bond acceptors (Lipinski definition) is 12. The molecule has 4 heterocycles. The summed E-state index contributed by atoms with van der Waals surface area (Å²) in [5.41, 5.74) is 9.51. The van der Waals surface area contributed by atoms with Crippen molar-refractivity contribution >= 4 is 45.9 Å². The van der Waals surface area contributed by atoms with Crippen molar-refractivity contribution < 1.29 is 48.3 Å². The minimum Gasteiger partial charge on any atom is -0.491 e. The third kappa shape index (κ3) is 11.2. The van der Waals surface area contributed by atoms with Crippen molar-refractivity contribution in [2.24, 2.45) is 0 Å². The number of carboxylic acids is 2. The molecule has 0 radical (unpaired) electrons. The summed E-state index contributed by atoms with van der Waals surface area (Å²) < 4.78 is 28.3. The third-order valence-electron chi connectivity index (χ3n) is 13.4. The summed E-state index contributed by atoms with van der Waals surface area (Å²) in [4.78, 5) is 53.3. The molecule has 0 bridgehead atoms. The summed E-state index contributed by atoms with van der Waals surface area (Å²) in [7, 11) is 0. The molecular formula is C58H56N8O10. The van der Waals surface area contributed by atoms with E-state index >= 15 is 0 Å². The van der Waals surface area contributed by atoms with Crippen LogP contribution >= 0.6 is 0 Å². The third-order valence-corrected chi connectivity index (χ3v) is 13.4. The quantitative estimate of drug-likeness (QED) is 0.0606. The fourth-order valence-corrected chi connectivity index (χ4v) is 9.87. The van der Waals surface area contributed by atoms with Crippen LogP contribution in [0.5, 0.6) is 11.5 Å². The number of benzene rings is 6. The first-order valence-corrected chi connectivity index (χ1v) is 25.4. The number of fused-ring (bicyclic) bond motifs is 11. The molecule has 2 N–H and O–H groups in total. The molecule has 8 aromatic rings. The fraction of sp³-hybridized carbons (Fsp3) is 0.276. The Morgan fingerprint density at radius 1 is 0.447 bits per heavy atom. The van der Waals surface area contributed by atoms with E-state index in [9.17, 15) is 29.4 Å². The average Bonchev–Trinajstić information content (AvgIpc) is 4.08. The number of aromatic nitrogens is 6. The highest BCUT2D eigenvalue weighted by Gasteiger charge is 2.31. The standard InChI is InChI=1S/C58H56N8O10/c67-51(25-11-27-53(69)70)63-37-39-13-1-3-15-41(39)55-57(45-17-5-7-21-47(45)63)65(61-59-55)29-31-73-33-35-75-49-23-9-20-44-43(49)19-10-24-50(44)76-36-34-74-32-30-66-58-46-18-6-8-22-48(46)64(52(68)26-12-28-54(71)72)38-40-14-2-4-16-42(40)56(58)60-62-66/h1-10,13-24H,11-12,25-38H2,(H,69,70)(H,71,72). The van der Waals surface area contributed by atoms with Gasteiger partial charge in [-0.15, -0.1) is 10.2 Å². The van der Waals surface area contributed by atoms with Gasteiger partial charge in [0.05, 0.1) is 75.4 Å². The Morgan fingerprint density at radius 2 is 0.855 bits per heavy atom. The van der Waals surface area contributed by atoms with E-state index in [0.717, 1.165) is 55.5 Å². The van der Waals surface area contributed by atoms with Gasteiger partial charge in [-0.25, -0.2) is 9.36 Å². The van der Waals surface area contributed by atoms with E-state index in [1.165, 1.54) is 0 Å². The fourth-order valence-electron chi connectivity index (χ4n) is 9.87. The van der Waals surface area contributed by atoms with Crippen LogP contribution in [0.1, 0.15) is 49.7 Å². The summed E-state index contributed by atoms with van der Waals surface area (Å²) in [6, 6.07) is 42.6. The molecule has 0 spiro atoms. The van der Waals surface area contributed by atoms with Crippen LogP contribution in [0.15, 0.2) is 133 Å². The van der Waals surface area contributed by atoms with Gasteiger partial charge in [0, 0.05) is 58.7 Å². The Hall–Kier alpha value is -8.74. The van der Waals surface area contributed by atoms with Crippen LogP contribution < -0.4 is 19.3 Å². The molecule has 0 atom stereocenters. The van der Waals surface area contributed by atoms with Crippen LogP contribution in [0.3, 0.4) is 0 Å². The second-order valence-electron chi connectivity index (χ2n) is 18.4. The highest BCUT2D eigenvalue weighted by molar-refractivity contribution is 6.01. The number of carbonyl (C=O) groups is 4. The monoisotopic (exact) mass is 1020 g/mol. The highest BCUT2D eigenvalue weighted by Crippen LogP contribution is 2.43. The molecule has 0 fully saturated rings. The van der Waals surface area contributed by atoms with Gasteiger partial charge in [-0.2, -0.15) is 0 Å². The Bertz CT molecular complexity index is 3190. The van der Waals surface area contributed by atoms with Gasteiger partial charge in [0.25, 0.3) is 0 Å². The normalized spacial score (nSPS) is 12.4. The van der Waals surface area contributed by atoms with Crippen LogP contribution in [0, 0.1) is 0 Å². The number of carbonyl (C=O) groups excluding carboxylic acids is 2. The Morgan fingerprint density at radius 3 is 1.29 bits per heavy atom. The van der Waals surface area contributed by atoms with Crippen LogP contribution in [0.2, 0.25) is 0 Å². The van der Waals surface area contributed by atoms with E-state index in [0.29, 0.717) is 100 Å². The van der Waals surface area contributed by atoms with Crippen molar-refractivity contribution in [3.05, 3.63) is 145 Å². The summed E-state index contributed by atoms with van der Waals surface area (Å²) in [5, 5.41) is 38.6. The molecule has 6 aromatic carbocycles. The first-order chi connectivity index (χ1) is 37.2. The van der Waals surface area contributed by atoms with Gasteiger partial charge in [0.15, 0.2) is 0 Å². The van der Waals surface area contributed by atoms with E-state index in [2.05, 4.69) is 20.6 Å². The molecule has 0 aliphatic carbocycles. The maximum atomic E-state index is 13.7. The molecule has 2 amide bonds. The minimum absolute atomic E-state index is 0.0820. The zero-order chi connectivity index (χ0) is 52.4. The SMILES string of the molecule is O=C(O)CCCC(=O)N1Cc2ccccc2-c2nnn(CCOCCOc3cccc4c(OCCOCCn5nnc6c5-c5ccccc5N(C(=O)CCCC(=O)O)Cc5ccccc5-6)cccc34)c2-c2ccccc21. The van der Waals surface area contributed by atoms with E-state index in [1.807, 2.05) is 133 Å². The van der Waals surface area contributed by atoms with E-state index < -0.39 is 11.9 Å². The lowest BCUT2D eigenvalue weighted by Gasteiger charge is -2.28. The number of hydrogen-bond donors (Lipinski definition) is 2. The second-order valence-corrected chi connectivity index (χ2v) is 18.4. The smallest absolute Gasteiger partial charge is 0.303 e. The Balaban J connectivity index is 0.737. The zero-order valence-electron chi connectivity index (χ0n) is 41.8. The van der Waals surface area contributed by atoms with Gasteiger partial charge >= 0.3 is 11.9 Å². The van der Waals surface area contributed by atoms with Crippen LogP contribution in [-0.4, -0.2) is 104 Å². The maximum absolute atomic E-state index is 13.7. The summed E-state index contributed by atoms with van der Waals surface area (Å²) in [6.07, 6.45) is 0.531. The molecule has 388 valence electrons. The number of carboxylic acid groups (broad SMARTS) is 2. The van der Waals surface area contributed by atoms with Crippen LogP contribution in [0.4, 0.5) is 11.4 Å². The van der Waals surface area contributed by atoms with Gasteiger partial charge in [-0.1, -0.05) is 120 Å². The minimum atomic E-state index is -0.933. The molecule has 10 rings (SSSR count). The molecule has 76 heavy (non-hydrogen) atoms. The molecule has 0 saturated carbocycles. The van der Waals surface area contributed by atoms with E-state index in [-0.39, 0.29) is 50.3 Å². The number of ether oxygens (including phenoxy) is 4. The predicted molar refractivity (Wildman–Crippen MR) is 284 cm³/mol. The summed E-state index contributed by atoms with van der Waals surface area (Å²) >= 11 is 0. The average molecular weight is 1030 g/mol. The molecule has 2 aromatic heterocycles. The van der Waals surface area contributed by atoms with Gasteiger partial charge in [0.1, 0.15) is 36.1 Å². The van der Waals surface area contributed by atoms with Gasteiger partial charge in [-0.05, 0) is 48.2 Å². The number of amides is 2.